The number of unbranched alkanes of at least 4 members (excludes halogenated alkanes) is 13. The van der Waals surface area contributed by atoms with Gasteiger partial charge < -0.3 is 24.8 Å². The number of alkyl halides is 1. The van der Waals surface area contributed by atoms with Crippen LogP contribution in [0.4, 0.5) is 4.39 Å². The van der Waals surface area contributed by atoms with E-state index in [9.17, 15) is 14.6 Å². The van der Waals surface area contributed by atoms with E-state index in [0.29, 0.717) is 6.61 Å². The summed E-state index contributed by atoms with van der Waals surface area (Å²) in [6, 6.07) is 0. The number of hydrogen-bond acceptors (Lipinski definition) is 5. The van der Waals surface area contributed by atoms with E-state index in [0.717, 1.165) is 19.3 Å². The van der Waals surface area contributed by atoms with Crippen molar-refractivity contribution in [2.24, 2.45) is 0 Å². The summed E-state index contributed by atoms with van der Waals surface area (Å²) in [5.41, 5.74) is 0. The third kappa shape index (κ3) is 10.5. The Labute approximate surface area is 170 Å². The quantitative estimate of drug-likeness (QED) is 0.315. The van der Waals surface area contributed by atoms with Gasteiger partial charge in [0.2, 0.25) is 6.36 Å². The highest BCUT2D eigenvalue weighted by atomic mass is 19.1. The zero-order chi connectivity index (χ0) is 20.6. The van der Waals surface area contributed by atoms with Gasteiger partial charge in [0.25, 0.3) is 0 Å². The second-order valence-corrected chi connectivity index (χ2v) is 8.12. The van der Waals surface area contributed by atoms with Gasteiger partial charge in [-0.3, -0.25) is 0 Å². The summed E-state index contributed by atoms with van der Waals surface area (Å²) >= 11 is 0. The molecule has 3 N–H and O–H groups in total. The Balaban J connectivity index is 1.92. The Bertz CT molecular complexity index is 358. The van der Waals surface area contributed by atoms with Gasteiger partial charge >= 0.3 is 0 Å². The maximum atomic E-state index is 13.6. The average Bonchev–Trinajstić information content (AvgIpc) is 2.69. The fourth-order valence-electron chi connectivity index (χ4n) is 3.75. The van der Waals surface area contributed by atoms with Crippen molar-refractivity contribution in [1.29, 1.82) is 0 Å². The Hall–Kier alpha value is -0.270. The zero-order valence-corrected chi connectivity index (χ0v) is 17.7. The molecule has 1 saturated heterocycles. The lowest BCUT2D eigenvalue weighted by molar-refractivity contribution is -0.272. The molecule has 6 heteroatoms. The number of aliphatic hydroxyl groups excluding tert-OH is 3. The molecule has 0 aliphatic carbocycles. The largest absolute Gasteiger partial charge is 0.394 e. The monoisotopic (exact) mass is 406 g/mol. The highest BCUT2D eigenvalue weighted by molar-refractivity contribution is 4.89. The van der Waals surface area contributed by atoms with E-state index in [1.165, 1.54) is 70.6 Å². The van der Waals surface area contributed by atoms with Gasteiger partial charge in [0.15, 0.2) is 0 Å². The Morgan fingerprint density at radius 3 is 1.68 bits per heavy atom. The van der Waals surface area contributed by atoms with Gasteiger partial charge in [-0.1, -0.05) is 90.4 Å². The van der Waals surface area contributed by atoms with Crippen molar-refractivity contribution in [2.45, 2.75) is 128 Å². The lowest BCUT2D eigenvalue weighted by Crippen LogP contribution is -2.58. The van der Waals surface area contributed by atoms with Crippen molar-refractivity contribution in [3.63, 3.8) is 0 Å². The predicted molar refractivity (Wildman–Crippen MR) is 109 cm³/mol. The van der Waals surface area contributed by atoms with Gasteiger partial charge in [-0.15, -0.1) is 0 Å². The van der Waals surface area contributed by atoms with E-state index in [1.807, 2.05) is 0 Å². The van der Waals surface area contributed by atoms with Crippen LogP contribution in [-0.2, 0) is 9.47 Å². The molecule has 5 atom stereocenters. The lowest BCUT2D eigenvalue weighted by atomic mass is 9.99. The Kier molecular flexibility index (Phi) is 15.2. The molecule has 0 saturated carbocycles. The smallest absolute Gasteiger partial charge is 0.228 e. The summed E-state index contributed by atoms with van der Waals surface area (Å²) in [7, 11) is 0. The molecule has 0 amide bonds. The van der Waals surface area contributed by atoms with Gasteiger partial charge in [0.05, 0.1) is 6.61 Å². The minimum absolute atomic E-state index is 0.363. The summed E-state index contributed by atoms with van der Waals surface area (Å²) in [4.78, 5) is 0. The lowest BCUT2D eigenvalue weighted by Gasteiger charge is -2.39. The van der Waals surface area contributed by atoms with E-state index < -0.39 is 37.4 Å². The number of halogens is 1. The zero-order valence-electron chi connectivity index (χ0n) is 17.7. The first kappa shape index (κ1) is 25.8. The molecule has 1 fully saturated rings. The molecule has 5 nitrogen and oxygen atoms in total. The summed E-state index contributed by atoms with van der Waals surface area (Å²) in [5.74, 6) is 0. The maximum Gasteiger partial charge on any atom is 0.228 e. The molecule has 1 aliphatic heterocycles. The molecule has 1 heterocycles. The molecule has 1 rings (SSSR count). The predicted octanol–water partition coefficient (Wildman–Crippen LogP) is 4.26. The summed E-state index contributed by atoms with van der Waals surface area (Å²) in [6.07, 6.45) is 10.9. The van der Waals surface area contributed by atoms with E-state index in [2.05, 4.69) is 6.92 Å². The average molecular weight is 407 g/mol. The molecule has 0 aromatic rings. The van der Waals surface area contributed by atoms with Crippen LogP contribution in [-0.4, -0.2) is 59.3 Å². The molecular weight excluding hydrogens is 363 g/mol. The molecule has 0 spiro atoms. The number of ether oxygens (including phenoxy) is 2. The molecule has 0 aromatic carbocycles. The van der Waals surface area contributed by atoms with Crippen molar-refractivity contribution >= 4 is 0 Å². The minimum Gasteiger partial charge on any atom is -0.394 e. The van der Waals surface area contributed by atoms with Crippen molar-refractivity contribution in [3.8, 4) is 0 Å². The normalized spacial score (nSPS) is 28.0. The van der Waals surface area contributed by atoms with Crippen LogP contribution in [0.25, 0.3) is 0 Å². The van der Waals surface area contributed by atoms with Crippen molar-refractivity contribution < 1.29 is 29.2 Å². The minimum atomic E-state index is -1.94. The molecular formula is C22H43FO5. The molecule has 1 aliphatic rings. The first-order valence-electron chi connectivity index (χ1n) is 11.5. The topological polar surface area (TPSA) is 79.2 Å². The van der Waals surface area contributed by atoms with Gasteiger partial charge in [-0.05, 0) is 6.42 Å². The molecule has 0 unspecified atom stereocenters. The molecule has 0 radical (unpaired) electrons. The molecule has 0 aromatic heterocycles. The Morgan fingerprint density at radius 2 is 1.21 bits per heavy atom. The second kappa shape index (κ2) is 16.5. The van der Waals surface area contributed by atoms with Crippen molar-refractivity contribution in [2.75, 3.05) is 13.2 Å². The van der Waals surface area contributed by atoms with E-state index >= 15 is 0 Å². The molecule has 168 valence electrons. The number of aliphatic hydroxyl groups is 3. The van der Waals surface area contributed by atoms with Crippen molar-refractivity contribution in [3.05, 3.63) is 0 Å². The second-order valence-electron chi connectivity index (χ2n) is 8.12. The molecule has 28 heavy (non-hydrogen) atoms. The first-order chi connectivity index (χ1) is 13.6. The fourth-order valence-corrected chi connectivity index (χ4v) is 3.75. The van der Waals surface area contributed by atoms with Gasteiger partial charge in [-0.25, -0.2) is 4.39 Å². The highest BCUT2D eigenvalue weighted by Gasteiger charge is 2.45. The SMILES string of the molecule is CCCCCCCCCCCCCCCCO[C@@H]1[C@@H](O)[C@@H](F)O[C@H](CO)[C@H]1O. The summed E-state index contributed by atoms with van der Waals surface area (Å²) < 4.78 is 23.8. The van der Waals surface area contributed by atoms with Crippen LogP contribution >= 0.6 is 0 Å². The van der Waals surface area contributed by atoms with E-state index in [4.69, 9.17) is 14.6 Å². The maximum absolute atomic E-state index is 13.6. The third-order valence-electron chi connectivity index (χ3n) is 5.62. The number of hydrogen-bond donors (Lipinski definition) is 3. The molecule has 0 bridgehead atoms. The van der Waals surface area contributed by atoms with Gasteiger partial charge in [0, 0.05) is 6.61 Å². The van der Waals surface area contributed by atoms with E-state index in [1.54, 1.807) is 0 Å². The van der Waals surface area contributed by atoms with E-state index in [-0.39, 0.29) is 0 Å². The van der Waals surface area contributed by atoms with Crippen LogP contribution in [0.2, 0.25) is 0 Å². The third-order valence-corrected chi connectivity index (χ3v) is 5.62. The standard InChI is InChI=1S/C22H43FO5/c1-2-3-4-5-6-7-8-9-10-11-12-13-14-15-16-27-21-19(25)18(17-24)28-22(23)20(21)26/h18-22,24-26H,2-17H2,1H3/t18-,19-,20-,21+,22+/m1/s1. The number of rotatable bonds is 17. The van der Waals surface area contributed by atoms with Crippen LogP contribution in [0.15, 0.2) is 0 Å². The van der Waals surface area contributed by atoms with Crippen LogP contribution in [0.5, 0.6) is 0 Å². The first-order valence-corrected chi connectivity index (χ1v) is 11.5. The summed E-state index contributed by atoms with van der Waals surface area (Å²) in [5, 5.41) is 28.9. The van der Waals surface area contributed by atoms with Crippen LogP contribution in [0, 0.1) is 0 Å². The summed E-state index contributed by atoms with van der Waals surface area (Å²) in [6.45, 7) is 2.11. The highest BCUT2D eigenvalue weighted by Crippen LogP contribution is 2.24. The Morgan fingerprint density at radius 1 is 0.750 bits per heavy atom. The van der Waals surface area contributed by atoms with Gasteiger partial charge in [0.1, 0.15) is 24.4 Å². The van der Waals surface area contributed by atoms with Crippen molar-refractivity contribution in [1.82, 2.24) is 0 Å². The van der Waals surface area contributed by atoms with Gasteiger partial charge in [-0.2, -0.15) is 0 Å². The van der Waals surface area contributed by atoms with Crippen LogP contribution in [0.1, 0.15) is 96.8 Å². The van der Waals surface area contributed by atoms with Crippen LogP contribution < -0.4 is 0 Å². The van der Waals surface area contributed by atoms with Crippen LogP contribution in [0.3, 0.4) is 0 Å². The fraction of sp³-hybridized carbons (Fsp3) is 1.00.